The molecule has 18 heavy (non-hydrogen) atoms. The Morgan fingerprint density at radius 2 is 2.50 bits per heavy atom. The lowest BCUT2D eigenvalue weighted by atomic mass is 10.0. The molecule has 1 aromatic rings. The zero-order valence-electron chi connectivity index (χ0n) is 9.63. The van der Waals surface area contributed by atoms with Crippen molar-refractivity contribution in [3.63, 3.8) is 0 Å². The molecule has 2 rings (SSSR count). The Hall–Kier alpha value is -2.31. The molecule has 7 nitrogen and oxygen atoms in total. The average Bonchev–Trinajstić information content (AvgIpc) is 2.81. The molecule has 1 aromatic heterocycles. The summed E-state index contributed by atoms with van der Waals surface area (Å²) in [5, 5.41) is 9.14. The van der Waals surface area contributed by atoms with E-state index in [1.54, 1.807) is 0 Å². The Labute approximate surface area is 103 Å². The number of rotatable bonds is 3. The van der Waals surface area contributed by atoms with Gasteiger partial charge in [0.15, 0.2) is 0 Å². The lowest BCUT2D eigenvalue weighted by Crippen LogP contribution is -2.48. The fourth-order valence-corrected chi connectivity index (χ4v) is 1.86. The molecule has 0 unspecified atom stereocenters. The number of aromatic amines is 1. The first-order valence-corrected chi connectivity index (χ1v) is 5.41. The summed E-state index contributed by atoms with van der Waals surface area (Å²) in [5.74, 6) is -1.07. The van der Waals surface area contributed by atoms with Crippen molar-refractivity contribution in [2.45, 2.75) is 19.0 Å². The molecule has 1 aliphatic rings. The van der Waals surface area contributed by atoms with Gasteiger partial charge in [0, 0.05) is 6.42 Å². The lowest BCUT2D eigenvalue weighted by molar-refractivity contribution is -0.143. The van der Waals surface area contributed by atoms with E-state index in [1.165, 1.54) is 17.3 Å². The van der Waals surface area contributed by atoms with Gasteiger partial charge >= 0.3 is 12.1 Å². The van der Waals surface area contributed by atoms with Crippen molar-refractivity contribution in [3.8, 4) is 0 Å². The molecule has 2 heterocycles. The number of carboxylic acid groups (broad SMARTS) is 1. The number of nitrogens with one attached hydrogen (secondary N) is 1. The van der Waals surface area contributed by atoms with Crippen LogP contribution in [-0.2, 0) is 22.5 Å². The monoisotopic (exact) mass is 251 g/mol. The third-order valence-electron chi connectivity index (χ3n) is 2.74. The fourth-order valence-electron chi connectivity index (χ4n) is 1.86. The molecule has 0 aromatic carbocycles. The molecule has 96 valence electrons. The number of nitrogens with zero attached hydrogens (tertiary/aromatic N) is 2. The number of aliphatic carboxylic acids is 1. The zero-order valence-corrected chi connectivity index (χ0v) is 9.63. The maximum atomic E-state index is 11.8. The van der Waals surface area contributed by atoms with E-state index in [9.17, 15) is 9.59 Å². The van der Waals surface area contributed by atoms with Crippen LogP contribution in [0.2, 0.25) is 0 Å². The summed E-state index contributed by atoms with van der Waals surface area (Å²) in [6.07, 6.45) is 2.43. The first-order chi connectivity index (χ1) is 8.63. The molecule has 1 atom stereocenters. The summed E-state index contributed by atoms with van der Waals surface area (Å²) in [6, 6.07) is -0.946. The quantitative estimate of drug-likeness (QED) is 0.764. The lowest BCUT2D eigenvalue weighted by Gasteiger charge is -2.31. The van der Waals surface area contributed by atoms with E-state index in [4.69, 9.17) is 9.84 Å². The van der Waals surface area contributed by atoms with E-state index >= 15 is 0 Å². The van der Waals surface area contributed by atoms with Gasteiger partial charge in [-0.25, -0.2) is 14.6 Å². The van der Waals surface area contributed by atoms with Crippen molar-refractivity contribution < 1.29 is 19.4 Å². The van der Waals surface area contributed by atoms with Crippen LogP contribution in [0.4, 0.5) is 4.79 Å². The van der Waals surface area contributed by atoms with E-state index in [0.717, 1.165) is 5.69 Å². The second kappa shape index (κ2) is 4.91. The number of ether oxygens (including phenoxy) is 1. The van der Waals surface area contributed by atoms with Crippen LogP contribution < -0.4 is 0 Å². The van der Waals surface area contributed by atoms with Gasteiger partial charge in [0.2, 0.25) is 0 Å². The molecule has 1 aliphatic heterocycles. The van der Waals surface area contributed by atoms with Gasteiger partial charge in [-0.05, 0) is 0 Å². The van der Waals surface area contributed by atoms with Crippen molar-refractivity contribution in [1.29, 1.82) is 0 Å². The second-order valence-electron chi connectivity index (χ2n) is 3.88. The molecule has 0 saturated heterocycles. The summed E-state index contributed by atoms with van der Waals surface area (Å²) < 4.78 is 4.87. The SMILES string of the molecule is C=CCOC(=O)N1Cc2[nH]cnc2C[C@H]1C(=O)O. The van der Waals surface area contributed by atoms with Crippen LogP contribution in [0.5, 0.6) is 0 Å². The Bertz CT molecular complexity index is 482. The molecule has 0 aliphatic carbocycles. The number of hydrogen-bond acceptors (Lipinski definition) is 4. The first-order valence-electron chi connectivity index (χ1n) is 5.41. The molecule has 0 radical (unpaired) electrons. The van der Waals surface area contributed by atoms with E-state index in [1.807, 2.05) is 0 Å². The molecular weight excluding hydrogens is 238 g/mol. The first kappa shape index (κ1) is 12.2. The summed E-state index contributed by atoms with van der Waals surface area (Å²) >= 11 is 0. The van der Waals surface area contributed by atoms with Crippen LogP contribution in [0.3, 0.4) is 0 Å². The largest absolute Gasteiger partial charge is 0.480 e. The minimum absolute atomic E-state index is 0.0531. The molecule has 7 heteroatoms. The Morgan fingerprint density at radius 3 is 3.17 bits per heavy atom. The number of carbonyl (C=O) groups excluding carboxylic acids is 1. The van der Waals surface area contributed by atoms with Crippen LogP contribution in [0, 0.1) is 0 Å². The molecule has 0 fully saturated rings. The third kappa shape index (κ3) is 2.20. The molecule has 0 saturated carbocycles. The van der Waals surface area contributed by atoms with Crippen molar-refractivity contribution in [2.75, 3.05) is 6.61 Å². The van der Waals surface area contributed by atoms with E-state index in [-0.39, 0.29) is 19.6 Å². The minimum atomic E-state index is -1.07. The molecule has 0 spiro atoms. The highest BCUT2D eigenvalue weighted by Gasteiger charge is 2.36. The van der Waals surface area contributed by atoms with Gasteiger partial charge in [-0.2, -0.15) is 0 Å². The molecule has 2 N–H and O–H groups in total. The van der Waals surface area contributed by atoms with Gasteiger partial charge in [-0.3, -0.25) is 4.90 Å². The third-order valence-corrected chi connectivity index (χ3v) is 2.74. The van der Waals surface area contributed by atoms with Gasteiger partial charge < -0.3 is 14.8 Å². The molecule has 0 bridgehead atoms. The molecule has 1 amide bonds. The standard InChI is InChI=1S/C11H13N3O4/c1-2-3-18-11(17)14-5-8-7(12-6-13-8)4-9(14)10(15)16/h2,6,9H,1,3-5H2,(H,12,13)(H,15,16)/t9-/m0/s1. The predicted molar refractivity (Wildman–Crippen MR) is 60.8 cm³/mol. The smallest absolute Gasteiger partial charge is 0.411 e. The van der Waals surface area contributed by atoms with Gasteiger partial charge in [0.1, 0.15) is 12.6 Å². The van der Waals surface area contributed by atoms with Crippen LogP contribution in [0.1, 0.15) is 11.4 Å². The van der Waals surface area contributed by atoms with Gasteiger partial charge in [0.25, 0.3) is 0 Å². The number of carboxylic acids is 1. The number of imidazole rings is 1. The predicted octanol–water partition coefficient (Wildman–Crippen LogP) is 0.544. The van der Waals surface area contributed by atoms with Gasteiger partial charge in [-0.15, -0.1) is 0 Å². The zero-order chi connectivity index (χ0) is 13.1. The van der Waals surface area contributed by atoms with E-state index < -0.39 is 18.1 Å². The number of hydrogen-bond donors (Lipinski definition) is 2. The summed E-state index contributed by atoms with van der Waals surface area (Å²) in [7, 11) is 0. The van der Waals surface area contributed by atoms with Crippen LogP contribution in [-0.4, -0.2) is 44.7 Å². The van der Waals surface area contributed by atoms with Crippen molar-refractivity contribution in [2.24, 2.45) is 0 Å². The highest BCUT2D eigenvalue weighted by molar-refractivity contribution is 5.81. The van der Waals surface area contributed by atoms with Gasteiger partial charge in [-0.1, -0.05) is 12.7 Å². The Morgan fingerprint density at radius 1 is 1.72 bits per heavy atom. The Kier molecular flexibility index (Phi) is 3.31. The second-order valence-corrected chi connectivity index (χ2v) is 3.88. The van der Waals surface area contributed by atoms with Crippen LogP contribution in [0.15, 0.2) is 19.0 Å². The highest BCUT2D eigenvalue weighted by Crippen LogP contribution is 2.21. The molecular formula is C11H13N3O4. The Balaban J connectivity index is 2.19. The fraction of sp³-hybridized carbons (Fsp3) is 0.364. The van der Waals surface area contributed by atoms with E-state index in [0.29, 0.717) is 5.69 Å². The number of carbonyl (C=O) groups is 2. The summed E-state index contributed by atoms with van der Waals surface area (Å²) in [6.45, 7) is 3.64. The number of aromatic nitrogens is 2. The maximum absolute atomic E-state index is 11.8. The van der Waals surface area contributed by atoms with Crippen LogP contribution in [0.25, 0.3) is 0 Å². The number of fused-ring (bicyclic) bond motifs is 1. The number of H-pyrrole nitrogens is 1. The summed E-state index contributed by atoms with van der Waals surface area (Å²) in [4.78, 5) is 31.0. The average molecular weight is 251 g/mol. The normalized spacial score (nSPS) is 18.0. The van der Waals surface area contributed by atoms with Crippen molar-refractivity contribution in [1.82, 2.24) is 14.9 Å². The minimum Gasteiger partial charge on any atom is -0.480 e. The number of amides is 1. The highest BCUT2D eigenvalue weighted by atomic mass is 16.6. The van der Waals surface area contributed by atoms with Gasteiger partial charge in [0.05, 0.1) is 24.3 Å². The van der Waals surface area contributed by atoms with Crippen LogP contribution >= 0.6 is 0 Å². The summed E-state index contributed by atoms with van der Waals surface area (Å²) in [5.41, 5.74) is 1.42. The van der Waals surface area contributed by atoms with Crippen molar-refractivity contribution in [3.05, 3.63) is 30.4 Å². The van der Waals surface area contributed by atoms with E-state index in [2.05, 4.69) is 16.5 Å². The topological polar surface area (TPSA) is 95.5 Å². The van der Waals surface area contributed by atoms with Crippen molar-refractivity contribution >= 4 is 12.1 Å². The maximum Gasteiger partial charge on any atom is 0.411 e.